The highest BCUT2D eigenvalue weighted by Crippen LogP contribution is 2.39. The summed E-state index contributed by atoms with van der Waals surface area (Å²) in [7, 11) is 0. The molecule has 0 aliphatic carbocycles. The molecule has 2 aromatic heterocycles. The van der Waals surface area contributed by atoms with Crippen LogP contribution in [0.15, 0.2) is 48.7 Å². The van der Waals surface area contributed by atoms with Crippen LogP contribution in [0.25, 0.3) is 10.6 Å². The van der Waals surface area contributed by atoms with Crippen LogP contribution in [0.1, 0.15) is 15.2 Å². The van der Waals surface area contributed by atoms with E-state index in [-0.39, 0.29) is 5.91 Å². The predicted octanol–water partition coefficient (Wildman–Crippen LogP) is 4.65. The van der Waals surface area contributed by atoms with Gasteiger partial charge in [0.15, 0.2) is 0 Å². The fourth-order valence-corrected chi connectivity index (χ4v) is 3.91. The highest BCUT2D eigenvalue weighted by atomic mass is 35.5. The van der Waals surface area contributed by atoms with Gasteiger partial charge in [-0.3, -0.25) is 9.78 Å². The van der Waals surface area contributed by atoms with Crippen molar-refractivity contribution in [1.82, 2.24) is 4.98 Å². The van der Waals surface area contributed by atoms with Crippen LogP contribution in [0.3, 0.4) is 0 Å². The number of benzene rings is 1. The smallest absolute Gasteiger partial charge is 0.265 e. The third-order valence-corrected chi connectivity index (χ3v) is 5.28. The standard InChI is InChI=1S/C18H13ClN2O2S/c19-12-4-1-2-5-13(12)21-18(22)15-10-11-7-9-23-14-6-3-8-20-16(14)17(11)24-15/h1-6,8,10H,7,9H2,(H,21,22). The third kappa shape index (κ3) is 2.77. The Hall–Kier alpha value is -2.37. The first-order valence-electron chi connectivity index (χ1n) is 7.49. The molecule has 0 saturated carbocycles. The SMILES string of the molecule is O=C(Nc1ccccc1Cl)c1cc2c(s1)-c1ncccc1OCC2. The summed E-state index contributed by atoms with van der Waals surface area (Å²) in [6.07, 6.45) is 2.49. The van der Waals surface area contributed by atoms with Gasteiger partial charge in [-0.05, 0) is 35.9 Å². The number of anilines is 1. The molecule has 1 aliphatic rings. The number of halogens is 1. The minimum atomic E-state index is -0.167. The van der Waals surface area contributed by atoms with E-state index in [0.717, 1.165) is 28.3 Å². The van der Waals surface area contributed by atoms with E-state index in [1.165, 1.54) is 11.3 Å². The average Bonchev–Trinajstić information content (AvgIpc) is 2.94. The summed E-state index contributed by atoms with van der Waals surface area (Å²) in [6.45, 7) is 0.577. The number of ether oxygens (including phenoxy) is 1. The Labute approximate surface area is 148 Å². The van der Waals surface area contributed by atoms with Crippen molar-refractivity contribution >= 4 is 34.5 Å². The van der Waals surface area contributed by atoms with Crippen molar-refractivity contribution in [3.8, 4) is 16.3 Å². The molecule has 1 N–H and O–H groups in total. The number of amides is 1. The highest BCUT2D eigenvalue weighted by Gasteiger charge is 2.22. The molecule has 4 nitrogen and oxygen atoms in total. The van der Waals surface area contributed by atoms with Gasteiger partial charge >= 0.3 is 0 Å². The first-order valence-corrected chi connectivity index (χ1v) is 8.68. The van der Waals surface area contributed by atoms with Crippen LogP contribution < -0.4 is 10.1 Å². The van der Waals surface area contributed by atoms with E-state index >= 15 is 0 Å². The summed E-state index contributed by atoms with van der Waals surface area (Å²) < 4.78 is 5.73. The van der Waals surface area contributed by atoms with Crippen molar-refractivity contribution in [2.75, 3.05) is 11.9 Å². The summed E-state index contributed by atoms with van der Waals surface area (Å²) in [5, 5.41) is 3.38. The molecule has 120 valence electrons. The molecule has 4 rings (SSSR count). The molecule has 1 aromatic carbocycles. The topological polar surface area (TPSA) is 51.2 Å². The van der Waals surface area contributed by atoms with E-state index in [1.54, 1.807) is 18.3 Å². The van der Waals surface area contributed by atoms with E-state index in [2.05, 4.69) is 10.3 Å². The Bertz CT molecular complexity index is 923. The molecule has 0 bridgehead atoms. The fraction of sp³-hybridized carbons (Fsp3) is 0.111. The molecule has 6 heteroatoms. The second kappa shape index (κ2) is 6.26. The zero-order valence-corrected chi connectivity index (χ0v) is 14.2. The lowest BCUT2D eigenvalue weighted by atomic mass is 10.1. The lowest BCUT2D eigenvalue weighted by Gasteiger charge is -2.06. The number of aromatic nitrogens is 1. The van der Waals surface area contributed by atoms with E-state index in [0.29, 0.717) is 22.2 Å². The second-order valence-corrected chi connectivity index (χ2v) is 6.81. The molecule has 24 heavy (non-hydrogen) atoms. The van der Waals surface area contributed by atoms with Crippen LogP contribution in [0.5, 0.6) is 5.75 Å². The maximum atomic E-state index is 12.6. The van der Waals surface area contributed by atoms with Gasteiger partial charge in [0.2, 0.25) is 0 Å². The minimum Gasteiger partial charge on any atom is -0.491 e. The van der Waals surface area contributed by atoms with Crippen LogP contribution in [-0.4, -0.2) is 17.5 Å². The number of carbonyl (C=O) groups excluding carboxylic acids is 1. The number of carbonyl (C=O) groups is 1. The normalized spacial score (nSPS) is 12.5. The average molecular weight is 357 g/mol. The van der Waals surface area contributed by atoms with Crippen LogP contribution in [0, 0.1) is 0 Å². The fourth-order valence-electron chi connectivity index (χ4n) is 2.62. The first-order chi connectivity index (χ1) is 11.7. The van der Waals surface area contributed by atoms with Crippen LogP contribution in [0.2, 0.25) is 5.02 Å². The molecule has 1 aliphatic heterocycles. The Morgan fingerprint density at radius 3 is 3.00 bits per heavy atom. The Balaban J connectivity index is 1.68. The first kappa shape index (κ1) is 15.2. The highest BCUT2D eigenvalue weighted by molar-refractivity contribution is 7.17. The van der Waals surface area contributed by atoms with E-state index in [4.69, 9.17) is 16.3 Å². The minimum absolute atomic E-state index is 0.167. The number of nitrogens with zero attached hydrogens (tertiary/aromatic N) is 1. The molecular formula is C18H13ClN2O2S. The van der Waals surface area contributed by atoms with Crippen LogP contribution in [0.4, 0.5) is 5.69 Å². The second-order valence-electron chi connectivity index (χ2n) is 5.35. The van der Waals surface area contributed by atoms with Crippen molar-refractivity contribution in [2.45, 2.75) is 6.42 Å². The zero-order valence-electron chi connectivity index (χ0n) is 12.6. The molecule has 0 radical (unpaired) electrons. The van der Waals surface area contributed by atoms with Gasteiger partial charge in [0.05, 0.1) is 27.1 Å². The molecule has 0 spiro atoms. The van der Waals surface area contributed by atoms with Gasteiger partial charge in [-0.1, -0.05) is 23.7 Å². The summed E-state index contributed by atoms with van der Waals surface area (Å²) >= 11 is 7.53. The van der Waals surface area contributed by atoms with E-state index in [1.807, 2.05) is 30.3 Å². The summed E-state index contributed by atoms with van der Waals surface area (Å²) in [4.78, 5) is 18.6. The number of pyridine rings is 1. The number of thiophene rings is 1. The van der Waals surface area contributed by atoms with E-state index < -0.39 is 0 Å². The zero-order chi connectivity index (χ0) is 16.5. The van der Waals surface area contributed by atoms with Gasteiger partial charge in [-0.25, -0.2) is 0 Å². The molecule has 0 atom stereocenters. The lowest BCUT2D eigenvalue weighted by molar-refractivity contribution is 0.103. The molecule has 1 amide bonds. The van der Waals surface area contributed by atoms with E-state index in [9.17, 15) is 4.79 Å². The van der Waals surface area contributed by atoms with Crippen molar-refractivity contribution in [3.05, 3.63) is 64.1 Å². The quantitative estimate of drug-likeness (QED) is 0.727. The van der Waals surface area contributed by atoms with Crippen LogP contribution >= 0.6 is 22.9 Å². The largest absolute Gasteiger partial charge is 0.491 e. The summed E-state index contributed by atoms with van der Waals surface area (Å²) in [5.41, 5.74) is 2.49. The molecular weight excluding hydrogens is 344 g/mol. The number of hydrogen-bond donors (Lipinski definition) is 1. The number of para-hydroxylation sites is 1. The molecule has 3 aromatic rings. The Morgan fingerprint density at radius 1 is 1.25 bits per heavy atom. The number of nitrogens with one attached hydrogen (secondary N) is 1. The van der Waals surface area contributed by atoms with Gasteiger partial charge in [0, 0.05) is 12.6 Å². The Morgan fingerprint density at radius 2 is 2.12 bits per heavy atom. The maximum absolute atomic E-state index is 12.6. The molecule has 0 fully saturated rings. The van der Waals surface area contributed by atoms with Gasteiger partial charge in [-0.15, -0.1) is 11.3 Å². The van der Waals surface area contributed by atoms with Gasteiger partial charge < -0.3 is 10.1 Å². The van der Waals surface area contributed by atoms with Crippen molar-refractivity contribution < 1.29 is 9.53 Å². The molecule has 0 unspecified atom stereocenters. The monoisotopic (exact) mass is 356 g/mol. The molecule has 0 saturated heterocycles. The lowest BCUT2D eigenvalue weighted by Crippen LogP contribution is -2.10. The van der Waals surface area contributed by atoms with Crippen molar-refractivity contribution in [3.63, 3.8) is 0 Å². The summed E-state index contributed by atoms with van der Waals surface area (Å²) in [5.74, 6) is 0.593. The van der Waals surface area contributed by atoms with Gasteiger partial charge in [0.1, 0.15) is 11.4 Å². The predicted molar refractivity (Wildman–Crippen MR) is 96.2 cm³/mol. The van der Waals surface area contributed by atoms with Crippen molar-refractivity contribution in [1.29, 1.82) is 0 Å². The third-order valence-electron chi connectivity index (χ3n) is 3.77. The van der Waals surface area contributed by atoms with Crippen molar-refractivity contribution in [2.24, 2.45) is 0 Å². The van der Waals surface area contributed by atoms with Gasteiger partial charge in [-0.2, -0.15) is 0 Å². The van der Waals surface area contributed by atoms with Gasteiger partial charge in [0.25, 0.3) is 5.91 Å². The Kier molecular flexibility index (Phi) is 3.96. The molecule has 3 heterocycles. The van der Waals surface area contributed by atoms with Crippen LogP contribution in [-0.2, 0) is 6.42 Å². The summed E-state index contributed by atoms with van der Waals surface area (Å²) in [6, 6.07) is 12.9. The maximum Gasteiger partial charge on any atom is 0.265 e. The number of hydrogen-bond acceptors (Lipinski definition) is 4. The number of fused-ring (bicyclic) bond motifs is 3. The number of rotatable bonds is 2.